The van der Waals surface area contributed by atoms with Gasteiger partial charge in [0, 0.05) is 41.5 Å². The zero-order chi connectivity index (χ0) is 19.4. The Kier molecular flexibility index (Phi) is 4.08. The lowest BCUT2D eigenvalue weighted by Crippen LogP contribution is -2.48. The molecule has 5 nitrogen and oxygen atoms in total. The highest BCUT2D eigenvalue weighted by Gasteiger charge is 2.44. The van der Waals surface area contributed by atoms with Crippen molar-refractivity contribution in [1.82, 2.24) is 14.9 Å². The van der Waals surface area contributed by atoms with Crippen LogP contribution in [0.15, 0.2) is 47.2 Å². The lowest BCUT2D eigenvalue weighted by Gasteiger charge is -2.35. The molecule has 0 saturated carbocycles. The molecule has 5 rings (SSSR count). The maximum Gasteiger partial charge on any atom is 0.219 e. The number of anilines is 1. The summed E-state index contributed by atoms with van der Waals surface area (Å²) in [6, 6.07) is 11.5. The number of rotatable bonds is 2. The third-order valence-electron chi connectivity index (χ3n) is 5.77. The summed E-state index contributed by atoms with van der Waals surface area (Å²) in [7, 11) is 0. The minimum absolute atomic E-state index is 0.102. The van der Waals surface area contributed by atoms with Crippen molar-refractivity contribution >= 4 is 38.4 Å². The van der Waals surface area contributed by atoms with Crippen LogP contribution in [0.1, 0.15) is 13.3 Å². The summed E-state index contributed by atoms with van der Waals surface area (Å²) in [5, 5.41) is 0.876. The molecular weight excluding hydrogens is 423 g/mol. The first kappa shape index (κ1) is 17.6. The molecule has 2 aliphatic rings. The summed E-state index contributed by atoms with van der Waals surface area (Å²) in [5.41, 5.74) is 2.85. The molecule has 7 heteroatoms. The summed E-state index contributed by atoms with van der Waals surface area (Å²) < 4.78 is 16.0. The highest BCUT2D eigenvalue weighted by atomic mass is 79.9. The Morgan fingerprint density at radius 3 is 2.71 bits per heavy atom. The van der Waals surface area contributed by atoms with Gasteiger partial charge >= 0.3 is 0 Å². The van der Waals surface area contributed by atoms with Gasteiger partial charge in [-0.05, 0) is 36.8 Å². The van der Waals surface area contributed by atoms with Gasteiger partial charge in [-0.1, -0.05) is 22.0 Å². The van der Waals surface area contributed by atoms with Crippen LogP contribution in [0.4, 0.5) is 10.1 Å². The molecule has 2 saturated heterocycles. The fourth-order valence-electron chi connectivity index (χ4n) is 4.49. The molecule has 0 N–H and O–H groups in total. The van der Waals surface area contributed by atoms with E-state index < -0.39 is 0 Å². The molecule has 2 fully saturated rings. The molecule has 2 aliphatic heterocycles. The lowest BCUT2D eigenvalue weighted by atomic mass is 10.1. The SMILES string of the molecule is CC(=O)N1C[C@@H]2C[C@H]1CN2c1ccc(-c2ncnc3ccc(Br)cc23)cc1F. The van der Waals surface area contributed by atoms with Crippen LogP contribution in [0.25, 0.3) is 22.2 Å². The Labute approximate surface area is 170 Å². The van der Waals surface area contributed by atoms with Gasteiger partial charge in [-0.2, -0.15) is 0 Å². The van der Waals surface area contributed by atoms with Crippen LogP contribution in [0.2, 0.25) is 0 Å². The molecule has 0 radical (unpaired) electrons. The van der Waals surface area contributed by atoms with E-state index in [4.69, 9.17) is 0 Å². The quantitative estimate of drug-likeness (QED) is 0.603. The number of benzene rings is 2. The molecule has 3 heterocycles. The fourth-order valence-corrected chi connectivity index (χ4v) is 4.85. The zero-order valence-electron chi connectivity index (χ0n) is 15.3. The van der Waals surface area contributed by atoms with Crippen molar-refractivity contribution in [2.24, 2.45) is 0 Å². The standard InChI is InChI=1S/C21H18BrFN4O/c1-12(28)26-9-16-8-15(26)10-27(16)20-5-2-13(6-18(20)23)21-17-7-14(22)3-4-19(17)24-11-25-21/h2-7,11,15-16H,8-10H2,1H3/t15-,16-/m0/s1. The van der Waals surface area contributed by atoms with Crippen LogP contribution in [0, 0.1) is 5.82 Å². The smallest absolute Gasteiger partial charge is 0.219 e. The van der Waals surface area contributed by atoms with Crippen molar-refractivity contribution < 1.29 is 9.18 Å². The highest BCUT2D eigenvalue weighted by Crippen LogP contribution is 2.37. The number of halogens is 2. The Balaban J connectivity index is 1.49. The van der Waals surface area contributed by atoms with E-state index in [1.165, 1.54) is 6.33 Å². The first-order chi connectivity index (χ1) is 13.5. The average Bonchev–Trinajstić information content (AvgIpc) is 3.28. The Bertz CT molecular complexity index is 1100. The number of carbonyl (C=O) groups is 1. The number of amides is 1. The largest absolute Gasteiger partial charge is 0.362 e. The van der Waals surface area contributed by atoms with Gasteiger partial charge in [0.15, 0.2) is 0 Å². The van der Waals surface area contributed by atoms with Crippen LogP contribution in [0.3, 0.4) is 0 Å². The molecule has 2 atom stereocenters. The number of hydrogen-bond acceptors (Lipinski definition) is 4. The minimum atomic E-state index is -0.263. The van der Waals surface area contributed by atoms with Gasteiger partial charge in [-0.25, -0.2) is 14.4 Å². The molecule has 142 valence electrons. The van der Waals surface area contributed by atoms with Gasteiger partial charge < -0.3 is 9.80 Å². The molecule has 2 bridgehead atoms. The van der Waals surface area contributed by atoms with Crippen LogP contribution >= 0.6 is 15.9 Å². The van der Waals surface area contributed by atoms with E-state index in [-0.39, 0.29) is 23.8 Å². The first-order valence-electron chi connectivity index (χ1n) is 9.25. The normalized spacial score (nSPS) is 21.0. The molecule has 2 aromatic carbocycles. The zero-order valence-corrected chi connectivity index (χ0v) is 16.9. The topological polar surface area (TPSA) is 49.3 Å². The molecule has 0 spiro atoms. The number of aromatic nitrogens is 2. The minimum Gasteiger partial charge on any atom is -0.362 e. The molecule has 3 aromatic rings. The molecule has 0 aliphatic carbocycles. The summed E-state index contributed by atoms with van der Waals surface area (Å²) >= 11 is 3.48. The van der Waals surface area contributed by atoms with Gasteiger partial charge in [0.25, 0.3) is 0 Å². The second-order valence-corrected chi connectivity index (χ2v) is 8.33. The third-order valence-corrected chi connectivity index (χ3v) is 6.27. The van der Waals surface area contributed by atoms with Gasteiger partial charge in [-0.15, -0.1) is 0 Å². The van der Waals surface area contributed by atoms with Crippen molar-refractivity contribution in [3.8, 4) is 11.3 Å². The second kappa shape index (κ2) is 6.51. The molecule has 28 heavy (non-hydrogen) atoms. The summed E-state index contributed by atoms with van der Waals surface area (Å²) in [4.78, 5) is 24.4. The van der Waals surface area contributed by atoms with Crippen molar-refractivity contribution in [1.29, 1.82) is 0 Å². The van der Waals surface area contributed by atoms with E-state index in [2.05, 4.69) is 30.8 Å². The number of fused-ring (bicyclic) bond motifs is 3. The molecule has 1 amide bonds. The van der Waals surface area contributed by atoms with Gasteiger partial charge in [0.2, 0.25) is 5.91 Å². The summed E-state index contributed by atoms with van der Waals surface area (Å²) in [6.07, 6.45) is 2.42. The number of hydrogen-bond donors (Lipinski definition) is 0. The van der Waals surface area contributed by atoms with Crippen molar-refractivity contribution in [2.75, 3.05) is 18.0 Å². The van der Waals surface area contributed by atoms with E-state index >= 15 is 4.39 Å². The Morgan fingerprint density at radius 2 is 2.00 bits per heavy atom. The Morgan fingerprint density at radius 1 is 1.14 bits per heavy atom. The van der Waals surface area contributed by atoms with Gasteiger partial charge in [0.1, 0.15) is 12.1 Å². The van der Waals surface area contributed by atoms with Gasteiger partial charge in [0.05, 0.1) is 22.9 Å². The van der Waals surface area contributed by atoms with Crippen LogP contribution in [0.5, 0.6) is 0 Å². The fraction of sp³-hybridized carbons (Fsp3) is 0.286. The van der Waals surface area contributed by atoms with Crippen LogP contribution in [-0.4, -0.2) is 45.9 Å². The van der Waals surface area contributed by atoms with E-state index in [1.807, 2.05) is 35.2 Å². The van der Waals surface area contributed by atoms with Crippen molar-refractivity contribution in [3.05, 3.63) is 53.0 Å². The number of nitrogens with zero attached hydrogens (tertiary/aromatic N) is 4. The number of carbonyl (C=O) groups excluding carboxylic acids is 1. The van der Waals surface area contributed by atoms with Crippen molar-refractivity contribution in [2.45, 2.75) is 25.4 Å². The lowest BCUT2D eigenvalue weighted by molar-refractivity contribution is -0.129. The summed E-state index contributed by atoms with van der Waals surface area (Å²) in [5.74, 6) is -0.161. The van der Waals surface area contributed by atoms with E-state index in [1.54, 1.807) is 13.0 Å². The van der Waals surface area contributed by atoms with E-state index in [9.17, 15) is 4.79 Å². The molecular formula is C21H18BrFN4O. The first-order valence-corrected chi connectivity index (χ1v) is 10.0. The van der Waals surface area contributed by atoms with E-state index in [0.29, 0.717) is 24.5 Å². The maximum absolute atomic E-state index is 15.1. The second-order valence-electron chi connectivity index (χ2n) is 7.42. The number of piperazine rings is 1. The molecule has 0 unspecified atom stereocenters. The number of likely N-dealkylation sites (tertiary alicyclic amines) is 1. The third kappa shape index (κ3) is 2.76. The monoisotopic (exact) mass is 440 g/mol. The Hall–Kier alpha value is -2.54. The van der Waals surface area contributed by atoms with Crippen LogP contribution in [-0.2, 0) is 4.79 Å². The maximum atomic E-state index is 15.1. The van der Waals surface area contributed by atoms with E-state index in [0.717, 1.165) is 27.4 Å². The average molecular weight is 441 g/mol. The molecule has 1 aromatic heterocycles. The van der Waals surface area contributed by atoms with Crippen molar-refractivity contribution in [3.63, 3.8) is 0 Å². The predicted octanol–water partition coefficient (Wildman–Crippen LogP) is 4.01. The van der Waals surface area contributed by atoms with Crippen LogP contribution < -0.4 is 4.90 Å². The summed E-state index contributed by atoms with van der Waals surface area (Å²) in [6.45, 7) is 2.96. The predicted molar refractivity (Wildman–Crippen MR) is 110 cm³/mol. The highest BCUT2D eigenvalue weighted by molar-refractivity contribution is 9.10. The van der Waals surface area contributed by atoms with Gasteiger partial charge in [-0.3, -0.25) is 4.79 Å².